The molecule has 1 aromatic rings. The zero-order valence-electron chi connectivity index (χ0n) is 12.3. The Morgan fingerprint density at radius 3 is 2.90 bits per heavy atom. The maximum Gasteiger partial charge on any atom is 0.305 e. The van der Waals surface area contributed by atoms with E-state index in [0.29, 0.717) is 6.42 Å². The van der Waals surface area contributed by atoms with E-state index >= 15 is 0 Å². The first-order chi connectivity index (χ1) is 10.1. The normalized spacial score (nSPS) is 18.2. The van der Waals surface area contributed by atoms with Crippen LogP contribution in [0.15, 0.2) is 24.3 Å². The molecule has 2 atom stereocenters. The van der Waals surface area contributed by atoms with Gasteiger partial charge in [-0.1, -0.05) is 31.5 Å². The molecule has 5 heteroatoms. The van der Waals surface area contributed by atoms with Crippen LogP contribution in [0.4, 0.5) is 5.69 Å². The summed E-state index contributed by atoms with van der Waals surface area (Å²) in [6.45, 7) is 2.74. The zero-order chi connectivity index (χ0) is 15.2. The molecule has 2 unspecified atom stereocenters. The number of nitrogens with one attached hydrogen (secondary N) is 2. The second kappa shape index (κ2) is 7.11. The van der Waals surface area contributed by atoms with Crippen molar-refractivity contribution in [2.24, 2.45) is 0 Å². The maximum absolute atomic E-state index is 12.5. The summed E-state index contributed by atoms with van der Waals surface area (Å²) in [7, 11) is 0. The molecule has 1 aliphatic rings. The van der Waals surface area contributed by atoms with Crippen LogP contribution in [0.3, 0.4) is 0 Å². The molecular formula is C16H22N2O3. The first-order valence-electron chi connectivity index (χ1n) is 7.46. The van der Waals surface area contributed by atoms with Crippen LogP contribution in [0.25, 0.3) is 0 Å². The van der Waals surface area contributed by atoms with Gasteiger partial charge in [-0.3, -0.25) is 9.59 Å². The molecule has 3 N–H and O–H groups in total. The van der Waals surface area contributed by atoms with Gasteiger partial charge in [0, 0.05) is 18.3 Å². The number of carboxylic acid groups (broad SMARTS) is 1. The highest BCUT2D eigenvalue weighted by Gasteiger charge is 2.27. The quantitative estimate of drug-likeness (QED) is 0.751. The largest absolute Gasteiger partial charge is 0.481 e. The predicted molar refractivity (Wildman–Crippen MR) is 81.4 cm³/mol. The van der Waals surface area contributed by atoms with E-state index in [1.54, 1.807) is 0 Å². The van der Waals surface area contributed by atoms with Gasteiger partial charge in [-0.15, -0.1) is 0 Å². The number of carboxylic acids is 1. The number of carbonyl (C=O) groups is 2. The average Bonchev–Trinajstić information content (AvgIpc) is 2.46. The molecule has 1 heterocycles. The lowest BCUT2D eigenvalue weighted by molar-refractivity contribution is -0.137. The molecular weight excluding hydrogens is 268 g/mol. The fraction of sp³-hybridized carbons (Fsp3) is 0.500. The van der Waals surface area contributed by atoms with Crippen LogP contribution in [-0.4, -0.2) is 29.6 Å². The topological polar surface area (TPSA) is 78.4 Å². The van der Waals surface area contributed by atoms with E-state index in [4.69, 9.17) is 5.11 Å². The van der Waals surface area contributed by atoms with Crippen LogP contribution < -0.4 is 10.6 Å². The van der Waals surface area contributed by atoms with E-state index in [9.17, 15) is 9.59 Å². The SMILES string of the molecule is CCCC(CC(=O)O)NC(=O)C1CCNc2ccccc21. The smallest absolute Gasteiger partial charge is 0.305 e. The molecule has 0 saturated heterocycles. The molecule has 0 aliphatic carbocycles. The minimum Gasteiger partial charge on any atom is -0.481 e. The highest BCUT2D eigenvalue weighted by atomic mass is 16.4. The van der Waals surface area contributed by atoms with Crippen molar-refractivity contribution in [3.05, 3.63) is 29.8 Å². The summed E-state index contributed by atoms with van der Waals surface area (Å²) in [5, 5.41) is 15.1. The average molecular weight is 290 g/mol. The molecule has 2 rings (SSSR count). The van der Waals surface area contributed by atoms with Crippen LogP contribution in [0.1, 0.15) is 44.1 Å². The molecule has 0 fully saturated rings. The highest BCUT2D eigenvalue weighted by Crippen LogP contribution is 2.31. The van der Waals surface area contributed by atoms with Gasteiger partial charge in [0.2, 0.25) is 5.91 Å². The van der Waals surface area contributed by atoms with E-state index in [0.717, 1.165) is 30.6 Å². The number of anilines is 1. The Morgan fingerprint density at radius 1 is 1.43 bits per heavy atom. The molecule has 0 spiro atoms. The molecule has 5 nitrogen and oxygen atoms in total. The van der Waals surface area contributed by atoms with Crippen LogP contribution in [0, 0.1) is 0 Å². The van der Waals surface area contributed by atoms with Crippen LogP contribution in [-0.2, 0) is 9.59 Å². The van der Waals surface area contributed by atoms with Crippen LogP contribution in [0.2, 0.25) is 0 Å². The van der Waals surface area contributed by atoms with Crippen molar-refractivity contribution in [3.63, 3.8) is 0 Å². The Balaban J connectivity index is 2.08. The van der Waals surface area contributed by atoms with Crippen molar-refractivity contribution in [3.8, 4) is 0 Å². The van der Waals surface area contributed by atoms with E-state index in [2.05, 4.69) is 10.6 Å². The number of hydrogen-bond donors (Lipinski definition) is 3. The lowest BCUT2D eigenvalue weighted by atomic mass is 9.90. The molecule has 0 aromatic heterocycles. The summed E-state index contributed by atoms with van der Waals surface area (Å²) in [5.41, 5.74) is 1.99. The number of para-hydroxylation sites is 1. The summed E-state index contributed by atoms with van der Waals surface area (Å²) in [6, 6.07) is 7.50. The van der Waals surface area contributed by atoms with Crippen molar-refractivity contribution in [2.45, 2.75) is 44.6 Å². The lowest BCUT2D eigenvalue weighted by Gasteiger charge is -2.27. The minimum atomic E-state index is -0.875. The monoisotopic (exact) mass is 290 g/mol. The number of rotatable bonds is 6. The zero-order valence-corrected chi connectivity index (χ0v) is 12.3. The first-order valence-corrected chi connectivity index (χ1v) is 7.46. The third-order valence-electron chi connectivity index (χ3n) is 3.81. The van der Waals surface area contributed by atoms with Crippen molar-refractivity contribution < 1.29 is 14.7 Å². The van der Waals surface area contributed by atoms with E-state index in [1.807, 2.05) is 31.2 Å². The Hall–Kier alpha value is -2.04. The van der Waals surface area contributed by atoms with Gasteiger partial charge in [0.05, 0.1) is 12.3 Å². The van der Waals surface area contributed by atoms with Gasteiger partial charge in [-0.2, -0.15) is 0 Å². The van der Waals surface area contributed by atoms with Gasteiger partial charge >= 0.3 is 5.97 Å². The third kappa shape index (κ3) is 3.97. The Labute approximate surface area is 124 Å². The van der Waals surface area contributed by atoms with Crippen molar-refractivity contribution in [1.29, 1.82) is 0 Å². The number of benzene rings is 1. The third-order valence-corrected chi connectivity index (χ3v) is 3.81. The first kappa shape index (κ1) is 15.4. The Kier molecular flexibility index (Phi) is 5.20. The second-order valence-corrected chi connectivity index (χ2v) is 5.45. The molecule has 21 heavy (non-hydrogen) atoms. The Morgan fingerprint density at radius 2 is 2.19 bits per heavy atom. The number of hydrogen-bond acceptors (Lipinski definition) is 3. The van der Waals surface area contributed by atoms with Crippen LogP contribution >= 0.6 is 0 Å². The minimum absolute atomic E-state index is 0.0216. The van der Waals surface area contributed by atoms with E-state index in [1.165, 1.54) is 0 Å². The molecule has 0 saturated carbocycles. The van der Waals surface area contributed by atoms with Gasteiger partial charge in [0.15, 0.2) is 0 Å². The standard InChI is InChI=1S/C16H22N2O3/c1-2-5-11(10-15(19)20)18-16(21)13-8-9-17-14-7-4-3-6-12(13)14/h3-4,6-7,11,13,17H,2,5,8-10H2,1H3,(H,18,21)(H,19,20). The molecule has 0 bridgehead atoms. The lowest BCUT2D eigenvalue weighted by Crippen LogP contribution is -2.40. The maximum atomic E-state index is 12.5. The summed E-state index contributed by atoms with van der Waals surface area (Å²) < 4.78 is 0. The summed E-state index contributed by atoms with van der Waals surface area (Å²) in [4.78, 5) is 23.4. The second-order valence-electron chi connectivity index (χ2n) is 5.45. The van der Waals surface area contributed by atoms with Gasteiger partial charge in [0.25, 0.3) is 0 Å². The van der Waals surface area contributed by atoms with Crippen molar-refractivity contribution in [1.82, 2.24) is 5.32 Å². The van der Waals surface area contributed by atoms with Gasteiger partial charge in [-0.25, -0.2) is 0 Å². The van der Waals surface area contributed by atoms with Gasteiger partial charge < -0.3 is 15.7 Å². The summed E-state index contributed by atoms with van der Waals surface area (Å²) in [6.07, 6.45) is 2.24. The summed E-state index contributed by atoms with van der Waals surface area (Å²) in [5.74, 6) is -1.14. The molecule has 114 valence electrons. The van der Waals surface area contributed by atoms with E-state index < -0.39 is 5.97 Å². The number of fused-ring (bicyclic) bond motifs is 1. The van der Waals surface area contributed by atoms with E-state index in [-0.39, 0.29) is 24.3 Å². The van der Waals surface area contributed by atoms with Crippen molar-refractivity contribution in [2.75, 3.05) is 11.9 Å². The van der Waals surface area contributed by atoms with Gasteiger partial charge in [0.1, 0.15) is 0 Å². The molecule has 1 aromatic carbocycles. The molecule has 1 aliphatic heterocycles. The number of aliphatic carboxylic acids is 1. The highest BCUT2D eigenvalue weighted by molar-refractivity contribution is 5.86. The van der Waals surface area contributed by atoms with Crippen LogP contribution in [0.5, 0.6) is 0 Å². The fourth-order valence-corrected chi connectivity index (χ4v) is 2.83. The number of amides is 1. The van der Waals surface area contributed by atoms with Gasteiger partial charge in [-0.05, 0) is 24.5 Å². The fourth-order valence-electron chi connectivity index (χ4n) is 2.83. The summed E-state index contributed by atoms with van der Waals surface area (Å²) >= 11 is 0. The molecule has 0 radical (unpaired) electrons. The molecule has 1 amide bonds. The van der Waals surface area contributed by atoms with Crippen molar-refractivity contribution >= 4 is 17.6 Å². The Bertz CT molecular complexity index is 516. The predicted octanol–water partition coefficient (Wildman–Crippen LogP) is 2.35. The number of carbonyl (C=O) groups excluding carboxylic acids is 1.